The average Bonchev–Trinajstić information content (AvgIpc) is 4.10. The lowest BCUT2D eigenvalue weighted by atomic mass is 10.0. The smallest absolute Gasteiger partial charge is 0.475 e. The van der Waals surface area contributed by atoms with Gasteiger partial charge in [0.2, 0.25) is 11.8 Å². The second-order valence-corrected chi connectivity index (χ2v) is 16.4. The highest BCUT2D eigenvalue weighted by Crippen LogP contribution is 2.36. The number of ether oxygens (including phenoxy) is 1. The van der Waals surface area contributed by atoms with Crippen molar-refractivity contribution in [1.82, 2.24) is 49.9 Å². The molecule has 7 rings (SSSR count). The van der Waals surface area contributed by atoms with Gasteiger partial charge < -0.3 is 40.0 Å². The van der Waals surface area contributed by atoms with Gasteiger partial charge in [0.15, 0.2) is 0 Å². The Bertz CT molecular complexity index is 2520. The number of aliphatic carboxylic acids is 1. The summed E-state index contributed by atoms with van der Waals surface area (Å²) in [4.78, 5) is 89.9. The monoisotopic (exact) mass is 890 g/mol. The molecule has 5 heterocycles. The number of benzene rings is 2. The van der Waals surface area contributed by atoms with Crippen LogP contribution in [-0.2, 0) is 19.1 Å². The first-order chi connectivity index (χ1) is 30.2. The van der Waals surface area contributed by atoms with E-state index in [1.807, 2.05) is 56.3 Å². The van der Waals surface area contributed by atoms with Gasteiger partial charge in [0.1, 0.15) is 23.2 Å². The molecular weight excluding hydrogens is 842 g/mol. The Balaban J connectivity index is 0.000000898. The first-order valence-corrected chi connectivity index (χ1v) is 20.4. The number of carboxylic acids is 1. The summed E-state index contributed by atoms with van der Waals surface area (Å²) < 4.78 is 36.4. The minimum absolute atomic E-state index is 0.181. The van der Waals surface area contributed by atoms with E-state index in [0.717, 1.165) is 75.4 Å². The molecule has 0 unspecified atom stereocenters. The van der Waals surface area contributed by atoms with Gasteiger partial charge in [-0.05, 0) is 63.1 Å². The number of carbonyl (C=O) groups excluding carboxylic acids is 3. The van der Waals surface area contributed by atoms with E-state index in [0.29, 0.717) is 24.7 Å². The van der Waals surface area contributed by atoms with Crippen molar-refractivity contribution in [2.75, 3.05) is 27.2 Å². The number of rotatable bonds is 10. The Morgan fingerprint density at radius 3 is 1.89 bits per heavy atom. The second-order valence-electron chi connectivity index (χ2n) is 16.4. The lowest BCUT2D eigenvalue weighted by Gasteiger charge is -2.33. The largest absolute Gasteiger partial charge is 0.490 e. The van der Waals surface area contributed by atoms with Crippen LogP contribution in [0.1, 0.15) is 77.1 Å². The van der Waals surface area contributed by atoms with E-state index in [1.54, 1.807) is 42.2 Å². The highest BCUT2D eigenvalue weighted by Gasteiger charge is 2.42. The number of H-pyrrole nitrogens is 2. The van der Waals surface area contributed by atoms with Gasteiger partial charge in [0, 0.05) is 31.3 Å². The van der Waals surface area contributed by atoms with Crippen molar-refractivity contribution < 1.29 is 52.1 Å². The minimum Gasteiger partial charge on any atom is -0.475 e. The van der Waals surface area contributed by atoms with Crippen LogP contribution in [0.25, 0.3) is 44.8 Å². The molecule has 5 aromatic rings. The number of fused-ring (bicyclic) bond motifs is 1. The Hall–Kier alpha value is -7.06. The third-order valence-corrected chi connectivity index (χ3v) is 11.2. The fourth-order valence-electron chi connectivity index (χ4n) is 7.96. The molecule has 0 aliphatic carbocycles. The molecule has 18 nitrogen and oxygen atoms in total. The number of alkyl carbamates (subject to hydrolysis) is 1. The van der Waals surface area contributed by atoms with Crippen LogP contribution in [0.5, 0.6) is 0 Å². The van der Waals surface area contributed by atoms with Crippen molar-refractivity contribution in [3.63, 3.8) is 0 Å². The molecule has 2 saturated heterocycles. The molecule has 0 spiro atoms. The zero-order chi connectivity index (χ0) is 46.7. The van der Waals surface area contributed by atoms with Crippen molar-refractivity contribution in [2.24, 2.45) is 5.92 Å². The quantitative estimate of drug-likeness (QED) is 0.0972. The molecule has 3 atom stereocenters. The summed E-state index contributed by atoms with van der Waals surface area (Å²) in [5.41, 5.74) is 5.33. The molecule has 64 heavy (non-hydrogen) atoms. The number of imidazole rings is 2. The van der Waals surface area contributed by atoms with Crippen LogP contribution in [0.4, 0.5) is 22.8 Å². The standard InChI is InChI=1S/C41H48N10O6.C2HF3O2/c1-23(2)34(49(5)40(55)56)37(52)50-17-7-9-32(50)35-43-21-30(46-35)25-13-11-24(12-14-25)29-20-42-28-19-26(15-16-27(28)45-29)31-22-44-36(47-31)33-10-8-18-51(33)38(53)41(3,4)48-39(54)57-6;3-2(4,5)1(6)7/h11-16,19-23,32-34H,7-10,17-18H2,1-6H3,(H,43,46)(H,44,47)(H,48,54)(H,55,56);(H,6,7)/t32-,33-,34-;/m0./s1. The molecule has 0 radical (unpaired) electrons. The van der Waals surface area contributed by atoms with E-state index in [1.165, 1.54) is 14.2 Å². The first-order valence-electron chi connectivity index (χ1n) is 20.4. The molecule has 2 aliphatic rings. The highest BCUT2D eigenvalue weighted by molar-refractivity contribution is 5.90. The maximum atomic E-state index is 13.6. The van der Waals surface area contributed by atoms with Crippen molar-refractivity contribution >= 4 is 41.0 Å². The van der Waals surface area contributed by atoms with E-state index in [4.69, 9.17) is 24.6 Å². The summed E-state index contributed by atoms with van der Waals surface area (Å²) in [6.45, 7) is 8.14. The highest BCUT2D eigenvalue weighted by atomic mass is 19.4. The van der Waals surface area contributed by atoms with Crippen LogP contribution in [0.15, 0.2) is 61.1 Å². The van der Waals surface area contributed by atoms with Gasteiger partial charge >= 0.3 is 24.3 Å². The summed E-state index contributed by atoms with van der Waals surface area (Å²) in [6.07, 6.45) is 1.51. The molecule has 3 aromatic heterocycles. The van der Waals surface area contributed by atoms with Crippen LogP contribution in [0.3, 0.4) is 0 Å². The van der Waals surface area contributed by atoms with Crippen LogP contribution in [-0.4, -0.2) is 130 Å². The lowest BCUT2D eigenvalue weighted by molar-refractivity contribution is -0.192. The fourth-order valence-corrected chi connectivity index (χ4v) is 7.96. The summed E-state index contributed by atoms with van der Waals surface area (Å²) >= 11 is 0. The van der Waals surface area contributed by atoms with Crippen LogP contribution < -0.4 is 5.32 Å². The third kappa shape index (κ3) is 10.1. The number of aromatic amines is 2. The number of alkyl halides is 3. The SMILES string of the molecule is COC(=O)NC(C)(C)C(=O)N1CCC[C@H]1c1ncc(-c2ccc3nc(-c4ccc(-c5cnc([C@@H]6CCCN6C(=O)[C@H](C(C)C)N(C)C(=O)O)[nH]5)cc4)cnc3c2)[nH]1.O=C(O)C(F)(F)F. The molecule has 4 amide bonds. The molecular formula is C43H49F3N10O8. The first kappa shape index (κ1) is 46.4. The predicted molar refractivity (Wildman–Crippen MR) is 225 cm³/mol. The molecule has 0 bridgehead atoms. The van der Waals surface area contributed by atoms with Crippen molar-refractivity contribution in [2.45, 2.75) is 83.2 Å². The van der Waals surface area contributed by atoms with Gasteiger partial charge in [-0.3, -0.25) is 19.5 Å². The molecule has 5 N–H and O–H groups in total. The molecule has 340 valence electrons. The summed E-state index contributed by atoms with van der Waals surface area (Å²) in [6, 6.07) is 12.5. The van der Waals surface area contributed by atoms with Gasteiger partial charge in [-0.15, -0.1) is 0 Å². The number of halogens is 3. The number of carbonyl (C=O) groups is 5. The van der Waals surface area contributed by atoms with Gasteiger partial charge in [-0.25, -0.2) is 29.3 Å². The topological polar surface area (TPSA) is 240 Å². The van der Waals surface area contributed by atoms with E-state index in [2.05, 4.69) is 25.3 Å². The van der Waals surface area contributed by atoms with Gasteiger partial charge in [0.05, 0.1) is 65.9 Å². The molecule has 0 saturated carbocycles. The lowest BCUT2D eigenvalue weighted by Crippen LogP contribution is -2.55. The number of carboxylic acid groups (broad SMARTS) is 2. The number of nitrogens with one attached hydrogen (secondary N) is 3. The maximum absolute atomic E-state index is 13.6. The number of aromatic nitrogens is 6. The van der Waals surface area contributed by atoms with Crippen molar-refractivity contribution in [1.29, 1.82) is 0 Å². The number of likely N-dealkylation sites (N-methyl/N-ethyl adjacent to an activating group) is 1. The Kier molecular flexibility index (Phi) is 13.6. The number of nitrogens with zero attached hydrogens (tertiary/aromatic N) is 7. The van der Waals surface area contributed by atoms with Gasteiger partial charge in [-0.2, -0.15) is 13.2 Å². The third-order valence-electron chi connectivity index (χ3n) is 11.2. The Morgan fingerprint density at radius 2 is 1.34 bits per heavy atom. The van der Waals surface area contributed by atoms with E-state index in [-0.39, 0.29) is 29.8 Å². The number of likely N-dealkylation sites (tertiary alicyclic amines) is 2. The van der Waals surface area contributed by atoms with Crippen molar-refractivity contribution in [3.05, 3.63) is 72.7 Å². The molecule has 2 aromatic carbocycles. The number of hydrogen-bond donors (Lipinski definition) is 5. The fraction of sp³-hybridized carbons (Fsp3) is 0.419. The molecule has 21 heteroatoms. The summed E-state index contributed by atoms with van der Waals surface area (Å²) in [5, 5.41) is 19.3. The maximum Gasteiger partial charge on any atom is 0.490 e. The van der Waals surface area contributed by atoms with Crippen LogP contribution >= 0.6 is 0 Å². The summed E-state index contributed by atoms with van der Waals surface area (Å²) in [7, 11) is 2.71. The predicted octanol–water partition coefficient (Wildman–Crippen LogP) is 6.81. The zero-order valence-corrected chi connectivity index (χ0v) is 35.9. The molecule has 2 fully saturated rings. The van der Waals surface area contributed by atoms with Gasteiger partial charge in [-0.1, -0.05) is 44.2 Å². The Morgan fingerprint density at radius 1 is 0.812 bits per heavy atom. The van der Waals surface area contributed by atoms with E-state index in [9.17, 15) is 37.5 Å². The van der Waals surface area contributed by atoms with Crippen LogP contribution in [0.2, 0.25) is 0 Å². The number of amides is 4. The normalized spacial score (nSPS) is 16.9. The average molecular weight is 891 g/mol. The number of hydrogen-bond acceptors (Lipinski definition) is 10. The second kappa shape index (κ2) is 18.7. The van der Waals surface area contributed by atoms with Crippen molar-refractivity contribution in [3.8, 4) is 33.8 Å². The van der Waals surface area contributed by atoms with E-state index >= 15 is 0 Å². The molecule has 2 aliphatic heterocycles. The summed E-state index contributed by atoms with van der Waals surface area (Å²) in [5.74, 6) is -2.00. The zero-order valence-electron chi connectivity index (χ0n) is 35.9. The van der Waals surface area contributed by atoms with Crippen LogP contribution in [0, 0.1) is 5.92 Å². The van der Waals surface area contributed by atoms with E-state index < -0.39 is 35.9 Å². The minimum atomic E-state index is -5.08. The Labute approximate surface area is 365 Å². The number of methoxy groups -OCH3 is 1. The van der Waals surface area contributed by atoms with Gasteiger partial charge in [0.25, 0.3) is 0 Å².